The van der Waals surface area contributed by atoms with Crippen LogP contribution in [0.2, 0.25) is 0 Å². The lowest BCUT2D eigenvalue weighted by Crippen LogP contribution is -2.54. The Morgan fingerprint density at radius 2 is 1.79 bits per heavy atom. The molecule has 0 saturated carbocycles. The number of nitrogens with one attached hydrogen (secondary N) is 1. The van der Waals surface area contributed by atoms with E-state index < -0.39 is 9.84 Å². The highest BCUT2D eigenvalue weighted by molar-refractivity contribution is 7.92. The monoisotopic (exact) mass is 543 g/mol. The largest absolute Gasteiger partial charge is 0.489 e. The molecule has 1 spiro atoms. The molecule has 8 nitrogen and oxygen atoms in total. The van der Waals surface area contributed by atoms with Gasteiger partial charge in [-0.15, -0.1) is 0 Å². The van der Waals surface area contributed by atoms with Crippen molar-refractivity contribution in [3.8, 4) is 5.75 Å². The van der Waals surface area contributed by atoms with E-state index in [1.54, 1.807) is 6.20 Å². The van der Waals surface area contributed by atoms with Crippen LogP contribution in [0, 0.1) is 12.3 Å². The van der Waals surface area contributed by atoms with Gasteiger partial charge < -0.3 is 15.0 Å². The second kappa shape index (κ2) is 10.1. The van der Waals surface area contributed by atoms with Crippen molar-refractivity contribution >= 4 is 32.6 Å². The third-order valence-electron chi connectivity index (χ3n) is 7.82. The summed E-state index contributed by atoms with van der Waals surface area (Å²) in [5.74, 6) is 2.80. The van der Waals surface area contributed by atoms with E-state index in [2.05, 4.69) is 59.4 Å². The van der Waals surface area contributed by atoms with Crippen molar-refractivity contribution in [2.45, 2.75) is 39.3 Å². The lowest BCUT2D eigenvalue weighted by Gasteiger charge is -2.47. The average molecular weight is 544 g/mol. The Kier molecular flexibility index (Phi) is 6.62. The molecule has 4 aromatic rings. The van der Waals surface area contributed by atoms with Crippen LogP contribution in [-0.4, -0.2) is 48.0 Å². The van der Waals surface area contributed by atoms with E-state index in [-0.39, 0.29) is 11.5 Å². The maximum absolute atomic E-state index is 11.8. The molecule has 6 rings (SSSR count). The molecule has 2 aromatic carbocycles. The van der Waals surface area contributed by atoms with Gasteiger partial charge in [-0.3, -0.25) is 4.98 Å². The molecule has 2 fully saturated rings. The molecule has 0 radical (unpaired) electrons. The highest BCUT2D eigenvalue weighted by Gasteiger charge is 2.49. The molecule has 9 heteroatoms. The molecule has 202 valence electrons. The van der Waals surface area contributed by atoms with Crippen molar-refractivity contribution < 1.29 is 13.2 Å². The van der Waals surface area contributed by atoms with Gasteiger partial charge in [0.1, 0.15) is 17.9 Å². The molecule has 2 aliphatic rings. The number of pyridine rings is 1. The van der Waals surface area contributed by atoms with Crippen molar-refractivity contribution in [1.82, 2.24) is 15.0 Å². The summed E-state index contributed by atoms with van der Waals surface area (Å²) in [4.78, 5) is 16.4. The number of ether oxygens (including phenoxy) is 1. The van der Waals surface area contributed by atoms with Crippen molar-refractivity contribution in [1.29, 1.82) is 0 Å². The molecule has 0 amide bonds. The third kappa shape index (κ3) is 5.54. The van der Waals surface area contributed by atoms with Crippen LogP contribution < -0.4 is 15.0 Å². The molecule has 1 N–H and O–H groups in total. The van der Waals surface area contributed by atoms with Crippen LogP contribution in [0.1, 0.15) is 42.5 Å². The van der Waals surface area contributed by atoms with Crippen molar-refractivity contribution in [2.24, 2.45) is 5.41 Å². The molecule has 39 heavy (non-hydrogen) atoms. The maximum atomic E-state index is 11.8. The van der Waals surface area contributed by atoms with E-state index in [1.807, 2.05) is 30.3 Å². The molecule has 1 atom stereocenters. The number of fused-ring (bicyclic) bond motifs is 1. The van der Waals surface area contributed by atoms with Gasteiger partial charge >= 0.3 is 0 Å². The van der Waals surface area contributed by atoms with Crippen molar-refractivity contribution in [2.75, 3.05) is 34.8 Å². The first-order valence-corrected chi connectivity index (χ1v) is 15.2. The molecular weight excluding hydrogens is 510 g/mol. The molecule has 2 saturated heterocycles. The van der Waals surface area contributed by atoms with Gasteiger partial charge in [-0.25, -0.2) is 13.4 Å². The van der Waals surface area contributed by atoms with Gasteiger partial charge in [0.2, 0.25) is 5.95 Å². The van der Waals surface area contributed by atoms with E-state index in [0.29, 0.717) is 29.9 Å². The number of rotatable bonds is 7. The first kappa shape index (κ1) is 25.6. The minimum absolute atomic E-state index is 0.0198. The number of aromatic nitrogens is 3. The highest BCUT2D eigenvalue weighted by atomic mass is 32.2. The normalized spacial score (nSPS) is 18.5. The Hall–Kier alpha value is -3.72. The van der Waals surface area contributed by atoms with Crippen molar-refractivity contribution in [3.05, 3.63) is 83.6 Å². The first-order valence-electron chi connectivity index (χ1n) is 13.4. The summed E-state index contributed by atoms with van der Waals surface area (Å²) >= 11 is 0. The Labute approximate surface area is 229 Å². The van der Waals surface area contributed by atoms with Gasteiger partial charge in [-0.2, -0.15) is 4.98 Å². The standard InChI is InChI=1S/C30H33N5O3S/c1-21-5-3-6-23(17-21)18-38-25-10-8-24(9-11-25)22(2)32-28-27-26(7-4-14-31-27)33-29(34-28)35-15-12-30(13-16-35)19-39(36,37)20-30/h3-11,14,17,22H,12-13,15-16,18-20H2,1-2H3,(H,32,33,34). The average Bonchev–Trinajstić information content (AvgIpc) is 2.91. The van der Waals surface area contributed by atoms with Gasteiger partial charge in [0, 0.05) is 24.7 Å². The zero-order valence-corrected chi connectivity index (χ0v) is 23.1. The van der Waals surface area contributed by atoms with Crippen LogP contribution in [0.5, 0.6) is 5.75 Å². The Balaban J connectivity index is 1.16. The number of anilines is 2. The maximum Gasteiger partial charge on any atom is 0.228 e. The van der Waals surface area contributed by atoms with Crippen LogP contribution in [0.25, 0.3) is 11.0 Å². The Morgan fingerprint density at radius 1 is 1.03 bits per heavy atom. The number of aryl methyl sites for hydroxylation is 1. The second-order valence-electron chi connectivity index (χ2n) is 11.0. The van der Waals surface area contributed by atoms with Crippen molar-refractivity contribution in [3.63, 3.8) is 0 Å². The summed E-state index contributed by atoms with van der Waals surface area (Å²) in [5.41, 5.74) is 4.93. The number of piperidine rings is 1. The quantitative estimate of drug-likeness (QED) is 0.344. The SMILES string of the molecule is Cc1cccc(COc2ccc(C(C)Nc3nc(N4CCC5(CC4)CS(=O)(=O)C5)nc4cccnc34)cc2)c1. The van der Waals surface area contributed by atoms with Crippen LogP contribution in [0.4, 0.5) is 11.8 Å². The lowest BCUT2D eigenvalue weighted by atomic mass is 9.81. The summed E-state index contributed by atoms with van der Waals surface area (Å²) in [5, 5.41) is 3.55. The predicted molar refractivity (Wildman–Crippen MR) is 154 cm³/mol. The minimum atomic E-state index is -2.84. The number of hydrogen-bond donors (Lipinski definition) is 1. The number of sulfone groups is 1. The van der Waals surface area contributed by atoms with Gasteiger partial charge in [0.15, 0.2) is 15.7 Å². The molecule has 1 unspecified atom stereocenters. The fraction of sp³-hybridized carbons (Fsp3) is 0.367. The molecular formula is C30H33N5O3S. The van der Waals surface area contributed by atoms with Gasteiger partial charge in [0.05, 0.1) is 23.1 Å². The summed E-state index contributed by atoms with van der Waals surface area (Å²) in [6, 6.07) is 20.3. The summed E-state index contributed by atoms with van der Waals surface area (Å²) < 4.78 is 29.6. The van der Waals surface area contributed by atoms with Crippen LogP contribution in [0.15, 0.2) is 66.9 Å². The second-order valence-corrected chi connectivity index (χ2v) is 13.0. The van der Waals surface area contributed by atoms with Gasteiger partial charge in [-0.1, -0.05) is 42.0 Å². The Bertz CT molecular complexity index is 1580. The first-order chi connectivity index (χ1) is 18.8. The van der Waals surface area contributed by atoms with Crippen LogP contribution in [0.3, 0.4) is 0 Å². The molecule has 2 aromatic heterocycles. The summed E-state index contributed by atoms with van der Waals surface area (Å²) in [6.07, 6.45) is 3.44. The molecule has 4 heterocycles. The predicted octanol–water partition coefficient (Wildman–Crippen LogP) is 5.10. The van der Waals surface area contributed by atoms with E-state index >= 15 is 0 Å². The minimum Gasteiger partial charge on any atom is -0.489 e. The third-order valence-corrected chi connectivity index (χ3v) is 9.93. The van der Waals surface area contributed by atoms with Crippen LogP contribution >= 0.6 is 0 Å². The number of hydrogen-bond acceptors (Lipinski definition) is 8. The molecule has 2 aliphatic heterocycles. The highest BCUT2D eigenvalue weighted by Crippen LogP contribution is 2.43. The van der Waals surface area contributed by atoms with Gasteiger partial charge in [-0.05, 0) is 62.1 Å². The fourth-order valence-electron chi connectivity index (χ4n) is 5.67. The van der Waals surface area contributed by atoms with E-state index in [9.17, 15) is 8.42 Å². The van der Waals surface area contributed by atoms with E-state index in [0.717, 1.165) is 53.8 Å². The topological polar surface area (TPSA) is 97.3 Å². The number of benzene rings is 2. The fourth-order valence-corrected chi connectivity index (χ4v) is 8.03. The lowest BCUT2D eigenvalue weighted by molar-refractivity contribution is 0.257. The molecule has 0 bridgehead atoms. The molecule has 0 aliphatic carbocycles. The van der Waals surface area contributed by atoms with E-state index in [4.69, 9.17) is 14.7 Å². The summed E-state index contributed by atoms with van der Waals surface area (Å²) in [6.45, 7) is 6.21. The smallest absolute Gasteiger partial charge is 0.228 e. The van der Waals surface area contributed by atoms with E-state index in [1.165, 1.54) is 5.56 Å². The summed E-state index contributed by atoms with van der Waals surface area (Å²) in [7, 11) is -2.84. The van der Waals surface area contributed by atoms with Crippen LogP contribution in [-0.2, 0) is 16.4 Å². The number of nitrogens with zero attached hydrogens (tertiary/aromatic N) is 4. The Morgan fingerprint density at radius 3 is 2.51 bits per heavy atom. The van der Waals surface area contributed by atoms with Gasteiger partial charge in [0.25, 0.3) is 0 Å². The zero-order chi connectivity index (χ0) is 27.0. The zero-order valence-electron chi connectivity index (χ0n) is 22.3.